The second kappa shape index (κ2) is 10.4. The monoisotopic (exact) mass is 527 g/mol. The van der Waals surface area contributed by atoms with E-state index in [1.54, 1.807) is 24.3 Å². The van der Waals surface area contributed by atoms with Crippen LogP contribution in [0.2, 0.25) is 0 Å². The summed E-state index contributed by atoms with van der Waals surface area (Å²) < 4.78 is 34.9. The molecule has 3 aromatic carbocycles. The Hall–Kier alpha value is -2.57. The van der Waals surface area contributed by atoms with E-state index in [4.69, 9.17) is 4.74 Å². The van der Waals surface area contributed by atoms with Gasteiger partial charge in [0.1, 0.15) is 24.1 Å². The molecule has 0 radical (unpaired) electrons. The van der Waals surface area contributed by atoms with Crippen LogP contribution in [0.5, 0.6) is 0 Å². The molecule has 1 unspecified atom stereocenters. The fourth-order valence-electron chi connectivity index (χ4n) is 5.62. The first kappa shape index (κ1) is 24.6. The van der Waals surface area contributed by atoms with E-state index in [1.165, 1.54) is 29.8 Å². The summed E-state index contributed by atoms with van der Waals surface area (Å²) in [6.07, 6.45) is 1.15. The molecule has 6 heteroatoms. The van der Waals surface area contributed by atoms with Gasteiger partial charge >= 0.3 is 5.97 Å². The Labute approximate surface area is 209 Å². The van der Waals surface area contributed by atoms with Gasteiger partial charge in [-0.25, -0.2) is 8.78 Å². The van der Waals surface area contributed by atoms with Crippen molar-refractivity contribution in [3.8, 4) is 0 Å². The van der Waals surface area contributed by atoms with E-state index in [9.17, 15) is 13.6 Å². The number of benzene rings is 3. The van der Waals surface area contributed by atoms with Crippen LogP contribution in [0.4, 0.5) is 8.78 Å². The number of ether oxygens (including phenoxy) is 1. The number of esters is 1. The van der Waals surface area contributed by atoms with Crippen molar-refractivity contribution in [2.75, 3.05) is 19.6 Å². The topological polar surface area (TPSA) is 26.3 Å². The first-order valence-corrected chi connectivity index (χ1v) is 11.6. The molecule has 6 rings (SSSR count). The number of nitrogens with zero attached hydrogens (tertiary/aromatic N) is 1. The first-order chi connectivity index (χ1) is 16.0. The molecule has 178 valence electrons. The highest BCUT2D eigenvalue weighted by molar-refractivity contribution is 5.74. The third kappa shape index (κ3) is 5.23. The van der Waals surface area contributed by atoms with Crippen LogP contribution >= 0.6 is 0 Å². The van der Waals surface area contributed by atoms with E-state index < -0.39 is 17.7 Å². The molecule has 2 bridgehead atoms. The molecule has 3 heterocycles. The molecule has 3 saturated heterocycles. The van der Waals surface area contributed by atoms with Crippen molar-refractivity contribution >= 4 is 5.97 Å². The van der Waals surface area contributed by atoms with Crippen LogP contribution in [0.15, 0.2) is 78.9 Å². The zero-order valence-electron chi connectivity index (χ0n) is 18.9. The maximum absolute atomic E-state index is 14.0. The molecule has 0 spiro atoms. The summed E-state index contributed by atoms with van der Waals surface area (Å²) in [7, 11) is 0. The minimum absolute atomic E-state index is 0. The largest absolute Gasteiger partial charge is 1.00 e. The van der Waals surface area contributed by atoms with Gasteiger partial charge in [0.15, 0.2) is 6.10 Å². The highest BCUT2D eigenvalue weighted by atomic mass is 79.9. The summed E-state index contributed by atoms with van der Waals surface area (Å²) in [5.74, 6) is -1.01. The summed E-state index contributed by atoms with van der Waals surface area (Å²) in [6.45, 7) is 3.80. The molecule has 0 amide bonds. The number of carbonyl (C=O) groups is 1. The van der Waals surface area contributed by atoms with Gasteiger partial charge in [0.05, 0.1) is 19.6 Å². The number of rotatable bonds is 6. The average Bonchev–Trinajstić information content (AvgIpc) is 2.83. The number of carbonyl (C=O) groups excluding carboxylic acids is 1. The van der Waals surface area contributed by atoms with Gasteiger partial charge in [0, 0.05) is 18.4 Å². The molecule has 3 nitrogen and oxygen atoms in total. The molecule has 0 aliphatic carbocycles. The minimum Gasteiger partial charge on any atom is -1.00 e. The van der Waals surface area contributed by atoms with Crippen LogP contribution in [-0.4, -0.2) is 30.1 Å². The molecular formula is C28H28BrF2NO2. The normalized spacial score (nSPS) is 23.4. The van der Waals surface area contributed by atoms with Crippen LogP contribution in [0.25, 0.3) is 0 Å². The number of halogens is 3. The van der Waals surface area contributed by atoms with Crippen molar-refractivity contribution in [1.29, 1.82) is 0 Å². The van der Waals surface area contributed by atoms with Gasteiger partial charge in [0.25, 0.3) is 0 Å². The third-order valence-electron chi connectivity index (χ3n) is 7.30. The Kier molecular flexibility index (Phi) is 7.48. The molecule has 3 fully saturated rings. The van der Waals surface area contributed by atoms with Crippen molar-refractivity contribution < 1.29 is 39.8 Å². The Balaban J connectivity index is 0.00000274. The number of hydrogen-bond donors (Lipinski definition) is 0. The van der Waals surface area contributed by atoms with E-state index in [1.807, 2.05) is 6.07 Å². The lowest BCUT2D eigenvalue weighted by Gasteiger charge is -2.52. The molecule has 3 aromatic rings. The zero-order chi connectivity index (χ0) is 22.8. The fourth-order valence-corrected chi connectivity index (χ4v) is 5.62. The summed E-state index contributed by atoms with van der Waals surface area (Å²) >= 11 is 0. The Bertz CT molecular complexity index is 1090. The zero-order valence-corrected chi connectivity index (χ0v) is 20.5. The maximum Gasteiger partial charge on any atom is 0.315 e. The minimum atomic E-state index is -0.845. The molecular weight excluding hydrogens is 500 g/mol. The van der Waals surface area contributed by atoms with Gasteiger partial charge in [-0.05, 0) is 41.3 Å². The van der Waals surface area contributed by atoms with Crippen molar-refractivity contribution in [1.82, 2.24) is 0 Å². The van der Waals surface area contributed by atoms with E-state index in [0.29, 0.717) is 17.0 Å². The number of fused-ring (bicyclic) bond motifs is 3. The van der Waals surface area contributed by atoms with Crippen molar-refractivity contribution in [2.24, 2.45) is 11.8 Å². The van der Waals surface area contributed by atoms with Crippen LogP contribution in [-0.2, 0) is 16.1 Å². The van der Waals surface area contributed by atoms with Gasteiger partial charge in [-0.15, -0.1) is 0 Å². The molecule has 0 N–H and O–H groups in total. The van der Waals surface area contributed by atoms with Crippen LogP contribution < -0.4 is 17.0 Å². The summed E-state index contributed by atoms with van der Waals surface area (Å²) in [5, 5.41) is 0. The van der Waals surface area contributed by atoms with Crippen molar-refractivity contribution in [3.63, 3.8) is 0 Å². The number of quaternary nitrogens is 1. The standard InChI is InChI=1S/C28H28F2NO2.BrH/c29-24-10-4-8-22(16-24)27(23-9-5-11-25(30)17-23)33-28(32)26-19-31(14-12-21(26)13-15-31)18-20-6-2-1-3-7-20;/h1-11,16-17,21,26-27H,12-15,18-19H2;1H/q+1;/p-1. The van der Waals surface area contributed by atoms with E-state index in [2.05, 4.69) is 24.3 Å². The highest BCUT2D eigenvalue weighted by Crippen LogP contribution is 2.41. The molecule has 3 aliphatic rings. The van der Waals surface area contributed by atoms with Gasteiger partial charge in [-0.3, -0.25) is 4.79 Å². The quantitative estimate of drug-likeness (QED) is 0.364. The Morgan fingerprint density at radius 2 is 1.47 bits per heavy atom. The van der Waals surface area contributed by atoms with E-state index in [0.717, 1.165) is 43.5 Å². The number of hydrogen-bond acceptors (Lipinski definition) is 2. The highest BCUT2D eigenvalue weighted by Gasteiger charge is 2.49. The van der Waals surface area contributed by atoms with Gasteiger partial charge < -0.3 is 26.2 Å². The summed E-state index contributed by atoms with van der Waals surface area (Å²) in [6, 6.07) is 22.4. The lowest BCUT2D eigenvalue weighted by molar-refractivity contribution is -0.957. The molecule has 0 aromatic heterocycles. The molecule has 34 heavy (non-hydrogen) atoms. The molecule has 1 atom stereocenters. The fraction of sp³-hybridized carbons (Fsp3) is 0.321. The van der Waals surface area contributed by atoms with E-state index in [-0.39, 0.29) is 28.9 Å². The van der Waals surface area contributed by atoms with Crippen molar-refractivity contribution in [3.05, 3.63) is 107 Å². The van der Waals surface area contributed by atoms with Crippen LogP contribution in [0.1, 0.15) is 35.6 Å². The van der Waals surface area contributed by atoms with Crippen LogP contribution in [0, 0.1) is 23.5 Å². The van der Waals surface area contributed by atoms with E-state index >= 15 is 0 Å². The second-order valence-electron chi connectivity index (χ2n) is 9.49. The molecule has 0 saturated carbocycles. The predicted molar refractivity (Wildman–Crippen MR) is 122 cm³/mol. The van der Waals surface area contributed by atoms with Gasteiger partial charge in [-0.1, -0.05) is 54.6 Å². The maximum atomic E-state index is 14.0. The van der Waals surface area contributed by atoms with Gasteiger partial charge in [0.2, 0.25) is 0 Å². The van der Waals surface area contributed by atoms with Crippen molar-refractivity contribution in [2.45, 2.75) is 25.5 Å². The molecule has 3 aliphatic heterocycles. The smallest absolute Gasteiger partial charge is 0.315 e. The Morgan fingerprint density at radius 1 is 0.882 bits per heavy atom. The Morgan fingerprint density at radius 3 is 2.03 bits per heavy atom. The summed E-state index contributed by atoms with van der Waals surface area (Å²) in [4.78, 5) is 13.5. The lowest BCUT2D eigenvalue weighted by atomic mass is 9.76. The SMILES string of the molecule is O=C(OC(c1cccc(F)c1)c1cccc(F)c1)C1C[N+]2(Cc3ccccc3)CCC1CC2.[Br-]. The first-order valence-electron chi connectivity index (χ1n) is 11.6. The summed E-state index contributed by atoms with van der Waals surface area (Å²) in [5.41, 5.74) is 2.29. The van der Waals surface area contributed by atoms with Crippen LogP contribution in [0.3, 0.4) is 0 Å². The van der Waals surface area contributed by atoms with Gasteiger partial charge in [-0.2, -0.15) is 0 Å². The second-order valence-corrected chi connectivity index (χ2v) is 9.49. The third-order valence-corrected chi connectivity index (χ3v) is 7.30. The number of piperidine rings is 3. The average molecular weight is 528 g/mol. The predicted octanol–water partition coefficient (Wildman–Crippen LogP) is 2.66. The lowest BCUT2D eigenvalue weighted by Crippen LogP contribution is -3.00.